The Hall–Kier alpha value is -0.410. The monoisotopic (exact) mass is 194 g/mol. The topological polar surface area (TPSA) is 23.6 Å². The van der Waals surface area contributed by atoms with Crippen LogP contribution in [0.2, 0.25) is 0 Å². The van der Waals surface area contributed by atoms with Gasteiger partial charge >= 0.3 is 0 Å². The fourth-order valence-corrected chi connectivity index (χ4v) is 2.76. The first kappa shape index (κ1) is 8.86. The Morgan fingerprint density at radius 3 is 2.71 bits per heavy atom. The van der Waals surface area contributed by atoms with Gasteiger partial charge in [0.15, 0.2) is 5.78 Å². The molecule has 4 aliphatic rings. The Morgan fingerprint density at radius 2 is 1.93 bits per heavy atom. The second-order valence-electron chi connectivity index (χ2n) is 4.88. The molecule has 3 heteroatoms. The van der Waals surface area contributed by atoms with Crippen molar-refractivity contribution in [1.82, 2.24) is 9.80 Å². The van der Waals surface area contributed by atoms with Gasteiger partial charge in [-0.2, -0.15) is 0 Å². The van der Waals surface area contributed by atoms with Crippen molar-refractivity contribution < 1.29 is 4.79 Å². The number of hydrogen-bond donors (Lipinski definition) is 0. The molecule has 4 fully saturated rings. The van der Waals surface area contributed by atoms with E-state index in [0.29, 0.717) is 11.7 Å². The summed E-state index contributed by atoms with van der Waals surface area (Å²) < 4.78 is 0. The highest BCUT2D eigenvalue weighted by molar-refractivity contribution is 5.88. The van der Waals surface area contributed by atoms with Crippen LogP contribution in [0.4, 0.5) is 0 Å². The van der Waals surface area contributed by atoms with E-state index >= 15 is 0 Å². The average molecular weight is 194 g/mol. The highest BCUT2D eigenvalue weighted by Gasteiger charge is 2.40. The zero-order chi connectivity index (χ0) is 9.54. The van der Waals surface area contributed by atoms with Gasteiger partial charge < -0.3 is 4.90 Å². The predicted octanol–water partition coefficient (Wildman–Crippen LogP) is 0.355. The summed E-state index contributed by atoms with van der Waals surface area (Å²) in [4.78, 5) is 16.9. The lowest BCUT2D eigenvalue weighted by Crippen LogP contribution is -2.54. The molecule has 3 heterocycles. The summed E-state index contributed by atoms with van der Waals surface area (Å²) in [6.45, 7) is 5.64. The molecule has 0 aromatic rings. The van der Waals surface area contributed by atoms with E-state index in [0.717, 1.165) is 32.5 Å². The molecule has 3 nitrogen and oxygen atoms in total. The molecular formula is C11H18N2O. The standard InChI is InChI=1S/C11H18N2O/c14-11(9-2-3-9)10-8-12-4-1-5-13(10)7-6-12/h9-10H,1-8H2. The normalized spacial score (nSPS) is 42.1. The van der Waals surface area contributed by atoms with Crippen LogP contribution < -0.4 is 0 Å². The zero-order valence-electron chi connectivity index (χ0n) is 8.61. The van der Waals surface area contributed by atoms with Crippen molar-refractivity contribution in [3.05, 3.63) is 0 Å². The highest BCUT2D eigenvalue weighted by Crippen LogP contribution is 2.33. The zero-order valence-corrected chi connectivity index (χ0v) is 8.61. The van der Waals surface area contributed by atoms with Crippen LogP contribution in [0.15, 0.2) is 0 Å². The maximum atomic E-state index is 12.0. The van der Waals surface area contributed by atoms with Crippen LogP contribution in [0.3, 0.4) is 0 Å². The van der Waals surface area contributed by atoms with E-state index in [1.54, 1.807) is 0 Å². The van der Waals surface area contributed by atoms with Crippen molar-refractivity contribution in [3.8, 4) is 0 Å². The van der Waals surface area contributed by atoms with Crippen molar-refractivity contribution >= 4 is 5.78 Å². The van der Waals surface area contributed by atoms with Gasteiger partial charge in [-0.1, -0.05) is 0 Å². The van der Waals surface area contributed by atoms with Crippen molar-refractivity contribution in [2.75, 3.05) is 32.7 Å². The van der Waals surface area contributed by atoms with Crippen LogP contribution in [0.25, 0.3) is 0 Å². The maximum absolute atomic E-state index is 12.0. The molecule has 0 amide bonds. The van der Waals surface area contributed by atoms with E-state index in [1.807, 2.05) is 0 Å². The van der Waals surface area contributed by atoms with Crippen LogP contribution in [0, 0.1) is 5.92 Å². The summed E-state index contributed by atoms with van der Waals surface area (Å²) in [6, 6.07) is 0.249. The molecule has 0 radical (unpaired) electrons. The number of nitrogens with zero attached hydrogens (tertiary/aromatic N) is 2. The van der Waals surface area contributed by atoms with Crippen LogP contribution in [-0.2, 0) is 4.79 Å². The fourth-order valence-electron chi connectivity index (χ4n) is 2.76. The smallest absolute Gasteiger partial charge is 0.154 e. The van der Waals surface area contributed by atoms with Crippen LogP contribution in [0.5, 0.6) is 0 Å². The number of carbonyl (C=O) groups is 1. The van der Waals surface area contributed by atoms with Crippen molar-refractivity contribution in [2.45, 2.75) is 25.3 Å². The minimum Gasteiger partial charge on any atom is -0.300 e. The third kappa shape index (κ3) is 1.48. The molecule has 2 bridgehead atoms. The molecule has 3 atom stereocenters. The maximum Gasteiger partial charge on any atom is 0.154 e. The molecule has 0 aromatic heterocycles. The van der Waals surface area contributed by atoms with E-state index in [4.69, 9.17) is 0 Å². The number of rotatable bonds is 2. The summed E-state index contributed by atoms with van der Waals surface area (Å²) in [5.74, 6) is 0.970. The van der Waals surface area contributed by atoms with Gasteiger partial charge in [0.25, 0.3) is 0 Å². The molecule has 4 rings (SSSR count). The quantitative estimate of drug-likeness (QED) is 0.634. The SMILES string of the molecule is O=C(C1CC1)C1CN2CCCN1CC2. The van der Waals surface area contributed by atoms with Gasteiger partial charge in [-0.25, -0.2) is 0 Å². The number of carbonyl (C=O) groups excluding carboxylic acids is 1. The fraction of sp³-hybridized carbons (Fsp3) is 0.909. The summed E-state index contributed by atoms with van der Waals surface area (Å²) in [5, 5.41) is 0. The molecule has 14 heavy (non-hydrogen) atoms. The Labute approximate surface area is 85.1 Å². The first-order valence-electron chi connectivity index (χ1n) is 5.85. The Bertz CT molecular complexity index is 246. The third-order valence-corrected chi connectivity index (χ3v) is 3.80. The van der Waals surface area contributed by atoms with Crippen LogP contribution in [0.1, 0.15) is 19.3 Å². The second kappa shape index (κ2) is 3.31. The van der Waals surface area contributed by atoms with Crippen molar-refractivity contribution in [3.63, 3.8) is 0 Å². The Balaban J connectivity index is 1.75. The summed E-state index contributed by atoms with van der Waals surface area (Å²) in [5.41, 5.74) is 0. The molecule has 78 valence electrons. The number of hydrogen-bond acceptors (Lipinski definition) is 3. The van der Waals surface area contributed by atoms with Crippen molar-refractivity contribution in [1.29, 1.82) is 0 Å². The van der Waals surface area contributed by atoms with Gasteiger partial charge in [0, 0.05) is 32.1 Å². The van der Waals surface area contributed by atoms with Gasteiger partial charge in [-0.15, -0.1) is 0 Å². The predicted molar refractivity (Wildman–Crippen MR) is 54.1 cm³/mol. The van der Waals surface area contributed by atoms with E-state index in [2.05, 4.69) is 9.80 Å². The third-order valence-electron chi connectivity index (χ3n) is 3.80. The molecular weight excluding hydrogens is 176 g/mol. The van der Waals surface area contributed by atoms with Gasteiger partial charge in [0.2, 0.25) is 0 Å². The molecule has 0 aromatic carbocycles. The van der Waals surface area contributed by atoms with Crippen molar-refractivity contribution in [2.24, 2.45) is 5.92 Å². The van der Waals surface area contributed by atoms with Crippen LogP contribution in [-0.4, -0.2) is 54.3 Å². The minimum absolute atomic E-state index is 0.249. The lowest BCUT2D eigenvalue weighted by molar-refractivity contribution is -0.127. The number of fused-ring (bicyclic) bond motifs is 4. The largest absolute Gasteiger partial charge is 0.300 e. The molecule has 1 saturated carbocycles. The summed E-state index contributed by atoms with van der Waals surface area (Å²) in [7, 11) is 0. The van der Waals surface area contributed by atoms with Gasteiger partial charge in [0.05, 0.1) is 6.04 Å². The lowest BCUT2D eigenvalue weighted by atomic mass is 10.0. The lowest BCUT2D eigenvalue weighted by Gasteiger charge is -2.36. The van der Waals surface area contributed by atoms with E-state index in [-0.39, 0.29) is 6.04 Å². The first-order chi connectivity index (χ1) is 6.84. The Morgan fingerprint density at radius 1 is 1.07 bits per heavy atom. The Kier molecular flexibility index (Phi) is 2.10. The van der Waals surface area contributed by atoms with E-state index < -0.39 is 0 Å². The summed E-state index contributed by atoms with van der Waals surface area (Å²) >= 11 is 0. The average Bonchev–Trinajstić information content (AvgIpc) is 3.04. The first-order valence-corrected chi connectivity index (χ1v) is 5.85. The molecule has 0 spiro atoms. The van der Waals surface area contributed by atoms with Gasteiger partial charge in [-0.3, -0.25) is 9.69 Å². The van der Waals surface area contributed by atoms with Gasteiger partial charge in [-0.05, 0) is 25.8 Å². The highest BCUT2D eigenvalue weighted by atomic mass is 16.1. The summed E-state index contributed by atoms with van der Waals surface area (Å²) in [6.07, 6.45) is 3.56. The molecule has 0 N–H and O–H groups in total. The number of Topliss-reactive ketones (excluding diaryl/α,β-unsaturated/α-hetero) is 1. The second-order valence-corrected chi connectivity index (χ2v) is 4.88. The van der Waals surface area contributed by atoms with E-state index in [9.17, 15) is 4.79 Å². The molecule has 1 aliphatic carbocycles. The molecule has 3 saturated heterocycles. The molecule has 3 unspecified atom stereocenters. The molecule has 3 aliphatic heterocycles. The van der Waals surface area contributed by atoms with Crippen LogP contribution >= 0.6 is 0 Å². The number of ketones is 1. The minimum atomic E-state index is 0.249. The number of piperazine rings is 1. The van der Waals surface area contributed by atoms with Gasteiger partial charge in [0.1, 0.15) is 0 Å². The van der Waals surface area contributed by atoms with E-state index in [1.165, 1.54) is 19.5 Å².